The largest absolute Gasteiger partial charge is 0.409 e. The average Bonchev–Trinajstić information content (AvgIpc) is 2.38. The molecule has 0 saturated heterocycles. The molecule has 0 aromatic heterocycles. The summed E-state index contributed by atoms with van der Waals surface area (Å²) >= 11 is 0. The number of amidine groups is 1. The molecule has 0 aliphatic rings. The molecule has 0 amide bonds. The molecular weight excluding hydrogens is 285 g/mol. The van der Waals surface area contributed by atoms with Crippen LogP contribution < -0.4 is 5.73 Å². The molecule has 8 heteroatoms. The quantitative estimate of drug-likeness (QED) is 0.359. The van der Waals surface area contributed by atoms with Crippen molar-refractivity contribution in [2.24, 2.45) is 10.9 Å². The Labute approximate surface area is 117 Å². The van der Waals surface area contributed by atoms with Gasteiger partial charge in [-0.25, -0.2) is 12.8 Å². The standard InChI is InChI=1S/C12H18FN3O3S/c1-9(2)16(8-7-12(14)15-17)20(18,19)11-6-4-3-5-10(11)13/h3-6,9,17H,7-8H2,1-2H3,(H2,14,15). The first-order valence-corrected chi connectivity index (χ1v) is 7.47. The number of hydrogen-bond donors (Lipinski definition) is 2. The van der Waals surface area contributed by atoms with Gasteiger partial charge in [0.05, 0.1) is 0 Å². The lowest BCUT2D eigenvalue weighted by Crippen LogP contribution is -2.39. The highest BCUT2D eigenvalue weighted by Gasteiger charge is 2.29. The summed E-state index contributed by atoms with van der Waals surface area (Å²) in [5, 5.41) is 11.3. The minimum atomic E-state index is -3.97. The van der Waals surface area contributed by atoms with Crippen LogP contribution in [0.25, 0.3) is 0 Å². The minimum Gasteiger partial charge on any atom is -0.409 e. The second-order valence-corrected chi connectivity index (χ2v) is 6.34. The van der Waals surface area contributed by atoms with Crippen molar-refractivity contribution in [3.63, 3.8) is 0 Å². The van der Waals surface area contributed by atoms with Crippen LogP contribution in [0.3, 0.4) is 0 Å². The van der Waals surface area contributed by atoms with Crippen molar-refractivity contribution in [2.45, 2.75) is 31.2 Å². The predicted molar refractivity (Wildman–Crippen MR) is 73.5 cm³/mol. The smallest absolute Gasteiger partial charge is 0.246 e. The van der Waals surface area contributed by atoms with E-state index in [0.29, 0.717) is 0 Å². The molecule has 1 aromatic rings. The summed E-state index contributed by atoms with van der Waals surface area (Å²) in [4.78, 5) is -0.381. The van der Waals surface area contributed by atoms with Crippen LogP contribution in [0, 0.1) is 5.82 Å². The maximum absolute atomic E-state index is 13.7. The maximum atomic E-state index is 13.7. The van der Waals surface area contributed by atoms with Crippen molar-refractivity contribution in [1.29, 1.82) is 0 Å². The number of nitrogens with two attached hydrogens (primary N) is 1. The van der Waals surface area contributed by atoms with Gasteiger partial charge < -0.3 is 10.9 Å². The fraction of sp³-hybridized carbons (Fsp3) is 0.417. The van der Waals surface area contributed by atoms with E-state index in [1.165, 1.54) is 18.2 Å². The van der Waals surface area contributed by atoms with Crippen LogP contribution in [0.5, 0.6) is 0 Å². The third kappa shape index (κ3) is 3.67. The second kappa shape index (κ2) is 6.67. The van der Waals surface area contributed by atoms with Gasteiger partial charge in [0.25, 0.3) is 0 Å². The summed E-state index contributed by atoms with van der Waals surface area (Å²) in [7, 11) is -3.97. The van der Waals surface area contributed by atoms with Gasteiger partial charge in [0.1, 0.15) is 16.5 Å². The molecule has 20 heavy (non-hydrogen) atoms. The van der Waals surface area contributed by atoms with Gasteiger partial charge in [0.15, 0.2) is 0 Å². The van der Waals surface area contributed by atoms with Gasteiger partial charge in [-0.05, 0) is 26.0 Å². The first kappa shape index (κ1) is 16.4. The van der Waals surface area contributed by atoms with Crippen LogP contribution in [-0.4, -0.2) is 36.4 Å². The van der Waals surface area contributed by atoms with Crippen molar-refractivity contribution in [2.75, 3.05) is 6.54 Å². The van der Waals surface area contributed by atoms with Crippen LogP contribution in [0.2, 0.25) is 0 Å². The van der Waals surface area contributed by atoms with Crippen molar-refractivity contribution in [1.82, 2.24) is 4.31 Å². The molecule has 0 unspecified atom stereocenters. The minimum absolute atomic E-state index is 0.00419. The van der Waals surface area contributed by atoms with E-state index in [2.05, 4.69) is 5.16 Å². The molecule has 6 nitrogen and oxygen atoms in total. The van der Waals surface area contributed by atoms with Gasteiger partial charge in [0, 0.05) is 19.0 Å². The van der Waals surface area contributed by atoms with Gasteiger partial charge in [-0.15, -0.1) is 0 Å². The normalized spacial score (nSPS) is 13.2. The van der Waals surface area contributed by atoms with Crippen LogP contribution in [-0.2, 0) is 10.0 Å². The first-order chi connectivity index (χ1) is 9.30. The molecule has 0 spiro atoms. The second-order valence-electron chi connectivity index (χ2n) is 4.48. The molecule has 0 aliphatic heterocycles. The molecule has 3 N–H and O–H groups in total. The van der Waals surface area contributed by atoms with E-state index < -0.39 is 15.8 Å². The Balaban J connectivity index is 3.11. The molecule has 112 valence electrons. The van der Waals surface area contributed by atoms with Crippen LogP contribution >= 0.6 is 0 Å². The lowest BCUT2D eigenvalue weighted by molar-refractivity contribution is 0.313. The van der Waals surface area contributed by atoms with Crippen molar-refractivity contribution in [3.05, 3.63) is 30.1 Å². The molecule has 0 fully saturated rings. The summed E-state index contributed by atoms with van der Waals surface area (Å²) in [6.07, 6.45) is 0.0579. The van der Waals surface area contributed by atoms with E-state index >= 15 is 0 Å². The van der Waals surface area contributed by atoms with E-state index in [1.54, 1.807) is 13.8 Å². The predicted octanol–water partition coefficient (Wildman–Crippen LogP) is 1.36. The van der Waals surface area contributed by atoms with Crippen molar-refractivity contribution in [3.8, 4) is 0 Å². The van der Waals surface area contributed by atoms with Crippen LogP contribution in [0.1, 0.15) is 20.3 Å². The molecule has 0 bridgehead atoms. The highest BCUT2D eigenvalue weighted by atomic mass is 32.2. The van der Waals surface area contributed by atoms with E-state index in [1.807, 2.05) is 0 Å². The van der Waals surface area contributed by atoms with E-state index in [4.69, 9.17) is 10.9 Å². The zero-order valence-electron chi connectivity index (χ0n) is 11.3. The number of rotatable bonds is 6. The molecule has 0 radical (unpaired) electrons. The summed E-state index contributed by atoms with van der Waals surface area (Å²) < 4.78 is 39.7. The average molecular weight is 303 g/mol. The van der Waals surface area contributed by atoms with Crippen molar-refractivity contribution >= 4 is 15.9 Å². The molecule has 0 saturated carbocycles. The fourth-order valence-electron chi connectivity index (χ4n) is 1.71. The van der Waals surface area contributed by atoms with Crippen molar-refractivity contribution < 1.29 is 18.0 Å². The van der Waals surface area contributed by atoms with Gasteiger partial charge in [-0.3, -0.25) is 0 Å². The molecule has 0 atom stereocenters. The summed E-state index contributed by atoms with van der Waals surface area (Å²) in [5.74, 6) is -0.888. The topological polar surface area (TPSA) is 96.0 Å². The van der Waals surface area contributed by atoms with Gasteiger partial charge in [-0.2, -0.15) is 4.31 Å². The van der Waals surface area contributed by atoms with Gasteiger partial charge in [-0.1, -0.05) is 17.3 Å². The Morgan fingerprint density at radius 3 is 2.55 bits per heavy atom. The lowest BCUT2D eigenvalue weighted by atomic mass is 10.3. The molecule has 1 rings (SSSR count). The number of nitrogens with zero attached hydrogens (tertiary/aromatic N) is 2. The van der Waals surface area contributed by atoms with E-state index in [9.17, 15) is 12.8 Å². The summed E-state index contributed by atoms with van der Waals surface area (Å²) in [6.45, 7) is 3.35. The SMILES string of the molecule is CC(C)N(CCC(N)=NO)S(=O)(=O)c1ccccc1F. The Bertz CT molecular complexity index is 587. The number of sulfonamides is 1. The highest BCUT2D eigenvalue weighted by Crippen LogP contribution is 2.21. The number of oxime groups is 1. The first-order valence-electron chi connectivity index (χ1n) is 6.03. The third-order valence-electron chi connectivity index (χ3n) is 2.72. The summed E-state index contributed by atoms with van der Waals surface area (Å²) in [5.41, 5.74) is 5.34. The molecule has 1 aromatic carbocycles. The molecule has 0 heterocycles. The van der Waals surface area contributed by atoms with Crippen LogP contribution in [0.4, 0.5) is 4.39 Å². The fourth-order valence-corrected chi connectivity index (χ4v) is 3.42. The Kier molecular flexibility index (Phi) is 5.46. The number of halogens is 1. The number of benzene rings is 1. The zero-order chi connectivity index (χ0) is 15.3. The van der Waals surface area contributed by atoms with Gasteiger partial charge in [0.2, 0.25) is 10.0 Å². The number of hydrogen-bond acceptors (Lipinski definition) is 4. The monoisotopic (exact) mass is 303 g/mol. The highest BCUT2D eigenvalue weighted by molar-refractivity contribution is 7.89. The molecular formula is C12H18FN3O3S. The Morgan fingerprint density at radius 2 is 2.05 bits per heavy atom. The maximum Gasteiger partial charge on any atom is 0.246 e. The Morgan fingerprint density at radius 1 is 1.45 bits per heavy atom. The molecule has 0 aliphatic carbocycles. The van der Waals surface area contributed by atoms with E-state index in [-0.39, 0.29) is 29.7 Å². The zero-order valence-corrected chi connectivity index (χ0v) is 12.1. The van der Waals surface area contributed by atoms with Crippen LogP contribution in [0.15, 0.2) is 34.3 Å². The Hall–Kier alpha value is -1.67. The summed E-state index contributed by atoms with van der Waals surface area (Å²) in [6, 6.07) is 4.80. The third-order valence-corrected chi connectivity index (χ3v) is 4.82. The lowest BCUT2D eigenvalue weighted by Gasteiger charge is -2.25. The van der Waals surface area contributed by atoms with E-state index in [0.717, 1.165) is 10.4 Å². The van der Waals surface area contributed by atoms with Gasteiger partial charge >= 0.3 is 0 Å².